The van der Waals surface area contributed by atoms with Gasteiger partial charge in [0.1, 0.15) is 5.01 Å². The molecule has 0 fully saturated rings. The maximum Gasteiger partial charge on any atom is 0.241 e. The lowest BCUT2D eigenvalue weighted by atomic mass is 10.1. The van der Waals surface area contributed by atoms with Crippen LogP contribution < -0.4 is 9.62 Å². The summed E-state index contributed by atoms with van der Waals surface area (Å²) < 4.78 is 28.6. The molecule has 0 radical (unpaired) electrons. The summed E-state index contributed by atoms with van der Waals surface area (Å²) in [6.07, 6.45) is 3.03. The molecule has 1 aliphatic heterocycles. The lowest BCUT2D eigenvalue weighted by Gasteiger charge is -2.19. The summed E-state index contributed by atoms with van der Waals surface area (Å²) in [4.78, 5) is 17.8. The highest BCUT2D eigenvalue weighted by Gasteiger charge is 2.27. The highest BCUT2D eigenvalue weighted by Crippen LogP contribution is 2.31. The Balaban J connectivity index is 1.87. The fourth-order valence-corrected chi connectivity index (χ4v) is 5.24. The largest absolute Gasteiger partial charge is 0.312 e. The molecule has 0 saturated carbocycles. The second kappa shape index (κ2) is 7.46. The van der Waals surface area contributed by atoms with Crippen molar-refractivity contribution in [3.05, 3.63) is 40.3 Å². The van der Waals surface area contributed by atoms with Crippen LogP contribution in [-0.4, -0.2) is 25.9 Å². The molecule has 0 aliphatic carbocycles. The lowest BCUT2D eigenvalue weighted by Crippen LogP contribution is -2.29. The first kappa shape index (κ1) is 19.0. The van der Waals surface area contributed by atoms with Crippen molar-refractivity contribution in [2.75, 3.05) is 11.4 Å². The lowest BCUT2D eigenvalue weighted by molar-refractivity contribution is -0.116. The maximum absolute atomic E-state index is 12.9. The zero-order chi connectivity index (χ0) is 18.9. The Bertz CT molecular complexity index is 892. The van der Waals surface area contributed by atoms with Gasteiger partial charge >= 0.3 is 0 Å². The minimum Gasteiger partial charge on any atom is -0.312 e. The summed E-state index contributed by atoms with van der Waals surface area (Å²) in [7, 11) is -3.68. The Labute approximate surface area is 158 Å². The van der Waals surface area contributed by atoms with E-state index in [0.717, 1.165) is 16.3 Å². The van der Waals surface area contributed by atoms with E-state index in [9.17, 15) is 13.2 Å². The van der Waals surface area contributed by atoms with Crippen molar-refractivity contribution in [1.82, 2.24) is 9.71 Å². The second-order valence-corrected chi connectivity index (χ2v) is 9.53. The van der Waals surface area contributed by atoms with Gasteiger partial charge in [-0.05, 0) is 42.5 Å². The maximum atomic E-state index is 12.9. The number of nitrogens with one attached hydrogen (secondary N) is 1. The van der Waals surface area contributed by atoms with Crippen molar-refractivity contribution in [1.29, 1.82) is 0 Å². The number of aromatic nitrogens is 1. The van der Waals surface area contributed by atoms with Crippen molar-refractivity contribution < 1.29 is 13.2 Å². The fourth-order valence-electron chi connectivity index (χ4n) is 3.21. The molecule has 1 unspecified atom stereocenters. The van der Waals surface area contributed by atoms with Crippen molar-refractivity contribution in [3.63, 3.8) is 0 Å². The van der Waals surface area contributed by atoms with E-state index >= 15 is 0 Å². The number of rotatable bonds is 6. The third-order valence-corrected chi connectivity index (χ3v) is 6.75. The van der Waals surface area contributed by atoms with Crippen molar-refractivity contribution in [2.24, 2.45) is 5.92 Å². The van der Waals surface area contributed by atoms with Crippen LogP contribution in [0.1, 0.15) is 43.8 Å². The molecule has 6 nitrogen and oxygen atoms in total. The van der Waals surface area contributed by atoms with E-state index in [2.05, 4.69) is 23.6 Å². The van der Waals surface area contributed by atoms with E-state index in [0.29, 0.717) is 25.3 Å². The predicted molar refractivity (Wildman–Crippen MR) is 103 cm³/mol. The molecular weight excluding hydrogens is 370 g/mol. The average Bonchev–Trinajstić information content (AvgIpc) is 3.22. The number of hydrogen-bond acceptors (Lipinski definition) is 5. The molecule has 140 valence electrons. The number of carbonyl (C=O) groups excluding carboxylic acids is 1. The molecule has 0 bridgehead atoms. The first-order chi connectivity index (χ1) is 12.3. The van der Waals surface area contributed by atoms with Crippen LogP contribution >= 0.6 is 11.3 Å². The highest BCUT2D eigenvalue weighted by atomic mass is 32.2. The van der Waals surface area contributed by atoms with Gasteiger partial charge < -0.3 is 4.90 Å². The number of thiazole rings is 1. The van der Waals surface area contributed by atoms with Gasteiger partial charge in [-0.1, -0.05) is 13.8 Å². The fraction of sp³-hybridized carbons (Fsp3) is 0.444. The van der Waals surface area contributed by atoms with Crippen LogP contribution in [0.4, 0.5) is 5.69 Å². The normalized spacial score (nSPS) is 15.3. The molecule has 26 heavy (non-hydrogen) atoms. The molecule has 1 aromatic carbocycles. The van der Waals surface area contributed by atoms with Gasteiger partial charge in [0.15, 0.2) is 0 Å². The highest BCUT2D eigenvalue weighted by molar-refractivity contribution is 7.89. The quantitative estimate of drug-likeness (QED) is 0.818. The Morgan fingerprint density at radius 3 is 2.77 bits per heavy atom. The minimum atomic E-state index is -3.68. The summed E-state index contributed by atoms with van der Waals surface area (Å²) in [6.45, 7) is 6.23. The second-order valence-electron chi connectivity index (χ2n) is 6.88. The molecule has 1 aromatic heterocycles. The molecule has 2 aromatic rings. The van der Waals surface area contributed by atoms with Gasteiger partial charge in [0.25, 0.3) is 0 Å². The topological polar surface area (TPSA) is 79.4 Å². The molecule has 1 amide bonds. The predicted octanol–water partition coefficient (Wildman–Crippen LogP) is 3.12. The number of benzene rings is 1. The first-order valence-electron chi connectivity index (χ1n) is 8.60. The molecule has 1 aliphatic rings. The van der Waals surface area contributed by atoms with Crippen LogP contribution in [0.25, 0.3) is 0 Å². The van der Waals surface area contributed by atoms with Crippen LogP contribution in [0, 0.1) is 5.92 Å². The number of sulfonamides is 1. The monoisotopic (exact) mass is 393 g/mol. The number of hydrogen-bond donors (Lipinski definition) is 1. The third kappa shape index (κ3) is 3.97. The van der Waals surface area contributed by atoms with Crippen LogP contribution in [0.2, 0.25) is 0 Å². The molecule has 0 spiro atoms. The Morgan fingerprint density at radius 2 is 2.15 bits per heavy atom. The Kier molecular flexibility index (Phi) is 5.45. The van der Waals surface area contributed by atoms with Crippen LogP contribution in [-0.2, 0) is 21.2 Å². The van der Waals surface area contributed by atoms with Crippen LogP contribution in [0.3, 0.4) is 0 Å². The third-order valence-electron chi connectivity index (χ3n) is 4.39. The van der Waals surface area contributed by atoms with E-state index < -0.39 is 10.0 Å². The molecule has 2 heterocycles. The molecule has 3 rings (SSSR count). The smallest absolute Gasteiger partial charge is 0.241 e. The van der Waals surface area contributed by atoms with Crippen LogP contribution in [0.15, 0.2) is 34.7 Å². The zero-order valence-electron chi connectivity index (χ0n) is 15.1. The summed E-state index contributed by atoms with van der Waals surface area (Å²) >= 11 is 1.45. The summed E-state index contributed by atoms with van der Waals surface area (Å²) in [5.74, 6) is 0.300. The zero-order valence-corrected chi connectivity index (χ0v) is 16.7. The van der Waals surface area contributed by atoms with Crippen molar-refractivity contribution in [2.45, 2.75) is 44.6 Å². The van der Waals surface area contributed by atoms with Gasteiger partial charge in [-0.25, -0.2) is 18.1 Å². The van der Waals surface area contributed by atoms with E-state index in [-0.39, 0.29) is 16.8 Å². The van der Waals surface area contributed by atoms with Gasteiger partial charge in [-0.15, -0.1) is 11.3 Å². The Morgan fingerprint density at radius 1 is 1.38 bits per heavy atom. The van der Waals surface area contributed by atoms with Gasteiger partial charge in [-0.3, -0.25) is 4.79 Å². The Hall–Kier alpha value is -1.77. The minimum absolute atomic E-state index is 0.0294. The molecular formula is C18H23N3O3S2. The van der Waals surface area contributed by atoms with Gasteiger partial charge in [-0.2, -0.15) is 0 Å². The number of fused-ring (bicyclic) bond motifs is 1. The average molecular weight is 394 g/mol. The summed E-state index contributed by atoms with van der Waals surface area (Å²) in [6, 6.07) is 4.62. The standard InChI is InChI=1S/C18H23N3O3S2/c1-12(2)10-16(18-19-7-9-25-18)20-26(23,24)15-4-5-17-14(11-15)6-8-21(17)13(3)22/h4-5,7,9,11-12,16,20H,6,8,10H2,1-3H3. The number of nitrogens with zero attached hydrogens (tertiary/aromatic N) is 2. The van der Waals surface area contributed by atoms with E-state index in [1.54, 1.807) is 29.3 Å². The number of anilines is 1. The summed E-state index contributed by atoms with van der Waals surface area (Å²) in [5, 5.41) is 2.62. The molecule has 1 atom stereocenters. The van der Waals surface area contributed by atoms with Gasteiger partial charge in [0.2, 0.25) is 15.9 Å². The molecule has 8 heteroatoms. The number of carbonyl (C=O) groups is 1. The SMILES string of the molecule is CC(=O)N1CCc2cc(S(=O)(=O)NC(CC(C)C)c3nccs3)ccc21. The van der Waals surface area contributed by atoms with Gasteiger partial charge in [0.05, 0.1) is 10.9 Å². The van der Waals surface area contributed by atoms with Crippen LogP contribution in [0.5, 0.6) is 0 Å². The molecule has 1 N–H and O–H groups in total. The van der Waals surface area contributed by atoms with Crippen molar-refractivity contribution in [3.8, 4) is 0 Å². The number of amides is 1. The van der Waals surface area contributed by atoms with Crippen molar-refractivity contribution >= 4 is 33.0 Å². The first-order valence-corrected chi connectivity index (χ1v) is 11.0. The van der Waals surface area contributed by atoms with Gasteiger partial charge in [0, 0.05) is 30.7 Å². The van der Waals surface area contributed by atoms with E-state index in [1.165, 1.54) is 18.3 Å². The summed E-state index contributed by atoms with van der Waals surface area (Å²) in [5.41, 5.74) is 1.69. The van der Waals surface area contributed by atoms with E-state index in [4.69, 9.17) is 0 Å². The molecule has 0 saturated heterocycles. The van der Waals surface area contributed by atoms with E-state index in [1.807, 2.05) is 5.38 Å².